The van der Waals surface area contributed by atoms with E-state index in [1.807, 2.05) is 6.07 Å². The van der Waals surface area contributed by atoms with Crippen molar-refractivity contribution in [3.05, 3.63) is 69.2 Å². The third-order valence-electron chi connectivity index (χ3n) is 3.23. The van der Waals surface area contributed by atoms with Crippen molar-refractivity contribution in [2.45, 2.75) is 19.9 Å². The lowest BCUT2D eigenvalue weighted by Gasteiger charge is -2.21. The number of nitrogens with two attached hydrogens (primary N) is 1. The Labute approximate surface area is 121 Å². The highest BCUT2D eigenvalue weighted by molar-refractivity contribution is 6.30. The van der Waals surface area contributed by atoms with Crippen molar-refractivity contribution in [1.82, 2.24) is 5.43 Å². The first kappa shape index (κ1) is 14.9. The zero-order valence-electron chi connectivity index (χ0n) is 11.2. The van der Waals surface area contributed by atoms with Crippen LogP contribution in [-0.4, -0.2) is 0 Å². The van der Waals surface area contributed by atoms with E-state index in [2.05, 4.69) is 5.43 Å². The molecular formula is C15H15ClF2N2. The first-order chi connectivity index (χ1) is 9.45. The Morgan fingerprint density at radius 3 is 2.50 bits per heavy atom. The lowest BCUT2D eigenvalue weighted by atomic mass is 9.93. The molecule has 0 aromatic heterocycles. The Bertz CT molecular complexity index is 621. The summed E-state index contributed by atoms with van der Waals surface area (Å²) in [6, 6.07) is 7.00. The van der Waals surface area contributed by atoms with Gasteiger partial charge in [-0.2, -0.15) is 0 Å². The number of hydrogen-bond donors (Lipinski definition) is 2. The first-order valence-corrected chi connectivity index (χ1v) is 6.50. The second-order valence-corrected chi connectivity index (χ2v) is 5.13. The van der Waals surface area contributed by atoms with Crippen LogP contribution in [0.2, 0.25) is 5.02 Å². The Morgan fingerprint density at radius 1 is 1.20 bits per heavy atom. The largest absolute Gasteiger partial charge is 0.271 e. The van der Waals surface area contributed by atoms with E-state index < -0.39 is 17.7 Å². The third kappa shape index (κ3) is 2.68. The number of nitrogens with one attached hydrogen (secondary N) is 1. The number of halogens is 3. The molecule has 0 heterocycles. The van der Waals surface area contributed by atoms with Crippen LogP contribution in [0.4, 0.5) is 8.78 Å². The van der Waals surface area contributed by atoms with E-state index in [0.29, 0.717) is 11.1 Å². The maximum atomic E-state index is 14.2. The summed E-state index contributed by atoms with van der Waals surface area (Å²) in [4.78, 5) is 0. The van der Waals surface area contributed by atoms with E-state index >= 15 is 0 Å². The van der Waals surface area contributed by atoms with Crippen LogP contribution in [0.3, 0.4) is 0 Å². The second kappa shape index (κ2) is 5.87. The summed E-state index contributed by atoms with van der Waals surface area (Å²) in [7, 11) is 0. The molecule has 5 heteroatoms. The molecule has 0 aliphatic carbocycles. The number of rotatable bonds is 3. The molecule has 2 rings (SSSR count). The number of aryl methyl sites for hydroxylation is 2. The summed E-state index contributed by atoms with van der Waals surface area (Å²) < 4.78 is 28.3. The third-order valence-corrected chi connectivity index (χ3v) is 3.52. The minimum absolute atomic E-state index is 0.0204. The van der Waals surface area contributed by atoms with Gasteiger partial charge < -0.3 is 0 Å². The van der Waals surface area contributed by atoms with Gasteiger partial charge in [-0.3, -0.25) is 5.84 Å². The van der Waals surface area contributed by atoms with Crippen LogP contribution < -0.4 is 11.3 Å². The van der Waals surface area contributed by atoms with Gasteiger partial charge in [-0.1, -0.05) is 29.8 Å². The molecule has 0 spiro atoms. The van der Waals surface area contributed by atoms with Gasteiger partial charge in [0.2, 0.25) is 0 Å². The van der Waals surface area contributed by atoms with E-state index in [1.165, 1.54) is 18.2 Å². The Morgan fingerprint density at radius 2 is 1.90 bits per heavy atom. The molecular weight excluding hydrogens is 282 g/mol. The zero-order valence-corrected chi connectivity index (χ0v) is 11.9. The fraction of sp³-hybridized carbons (Fsp3) is 0.200. The lowest BCUT2D eigenvalue weighted by Crippen LogP contribution is -2.31. The molecule has 2 aromatic rings. The minimum atomic E-state index is -0.797. The molecule has 1 unspecified atom stereocenters. The molecule has 1 atom stereocenters. The van der Waals surface area contributed by atoms with Crippen molar-refractivity contribution >= 4 is 11.6 Å². The summed E-state index contributed by atoms with van der Waals surface area (Å²) in [5.74, 6) is 4.48. The Balaban J connectivity index is 2.62. The van der Waals surface area contributed by atoms with Gasteiger partial charge in [0.1, 0.15) is 11.6 Å². The second-order valence-electron chi connectivity index (χ2n) is 4.72. The van der Waals surface area contributed by atoms with Crippen LogP contribution in [0.5, 0.6) is 0 Å². The van der Waals surface area contributed by atoms with Crippen LogP contribution in [0.25, 0.3) is 0 Å². The van der Waals surface area contributed by atoms with Crippen LogP contribution in [-0.2, 0) is 0 Å². The average Bonchev–Trinajstić information content (AvgIpc) is 2.37. The molecule has 2 nitrogen and oxygen atoms in total. The molecule has 0 aliphatic heterocycles. The van der Waals surface area contributed by atoms with E-state index in [9.17, 15) is 8.78 Å². The maximum Gasteiger partial charge on any atom is 0.146 e. The van der Waals surface area contributed by atoms with Gasteiger partial charge in [0.25, 0.3) is 0 Å². The Hall–Kier alpha value is -1.49. The molecule has 0 amide bonds. The number of hydrogen-bond acceptors (Lipinski definition) is 2. The molecule has 0 saturated carbocycles. The Kier molecular flexibility index (Phi) is 4.38. The smallest absolute Gasteiger partial charge is 0.146 e. The van der Waals surface area contributed by atoms with Crippen LogP contribution in [0.15, 0.2) is 30.3 Å². The van der Waals surface area contributed by atoms with Gasteiger partial charge in [-0.05, 0) is 37.1 Å². The normalized spacial score (nSPS) is 12.5. The van der Waals surface area contributed by atoms with Crippen molar-refractivity contribution in [2.24, 2.45) is 5.84 Å². The lowest BCUT2D eigenvalue weighted by molar-refractivity contribution is 0.528. The predicted octanol–water partition coefficient (Wildman–Crippen LogP) is 3.79. The fourth-order valence-electron chi connectivity index (χ4n) is 2.36. The standard InChI is InChI=1S/C15H15ClF2N2/c1-8-6-9(2)13(12(17)7-8)15(20-19)10-4-3-5-11(16)14(10)18/h3-7,15,20H,19H2,1-2H3. The molecule has 0 radical (unpaired) electrons. The molecule has 0 fully saturated rings. The van der Waals surface area contributed by atoms with Gasteiger partial charge in [0.15, 0.2) is 0 Å². The van der Waals surface area contributed by atoms with Crippen LogP contribution >= 0.6 is 11.6 Å². The molecule has 106 valence electrons. The summed E-state index contributed by atoms with van der Waals surface area (Å²) in [5.41, 5.74) is 4.49. The van der Waals surface area contributed by atoms with Gasteiger partial charge in [0.05, 0.1) is 11.1 Å². The van der Waals surface area contributed by atoms with Crippen LogP contribution in [0, 0.1) is 25.5 Å². The summed E-state index contributed by atoms with van der Waals surface area (Å²) in [5, 5.41) is -0.0204. The van der Waals surface area contributed by atoms with E-state index in [1.54, 1.807) is 19.9 Å². The molecule has 0 saturated heterocycles. The zero-order chi connectivity index (χ0) is 14.9. The van der Waals surface area contributed by atoms with Crippen molar-refractivity contribution in [3.8, 4) is 0 Å². The minimum Gasteiger partial charge on any atom is -0.271 e. The van der Waals surface area contributed by atoms with Crippen LogP contribution in [0.1, 0.15) is 28.3 Å². The molecule has 20 heavy (non-hydrogen) atoms. The van der Waals surface area contributed by atoms with E-state index in [-0.39, 0.29) is 10.6 Å². The molecule has 2 aromatic carbocycles. The predicted molar refractivity (Wildman–Crippen MR) is 76.5 cm³/mol. The monoisotopic (exact) mass is 296 g/mol. The average molecular weight is 297 g/mol. The summed E-state index contributed by atoms with van der Waals surface area (Å²) in [6.07, 6.45) is 0. The molecule has 0 bridgehead atoms. The van der Waals surface area contributed by atoms with Crippen molar-refractivity contribution in [2.75, 3.05) is 0 Å². The summed E-state index contributed by atoms with van der Waals surface area (Å²) in [6.45, 7) is 3.56. The SMILES string of the molecule is Cc1cc(C)c(C(NN)c2cccc(Cl)c2F)c(F)c1. The van der Waals surface area contributed by atoms with Gasteiger partial charge >= 0.3 is 0 Å². The maximum absolute atomic E-state index is 14.2. The van der Waals surface area contributed by atoms with Crippen molar-refractivity contribution in [3.63, 3.8) is 0 Å². The number of hydrazine groups is 1. The number of benzene rings is 2. The van der Waals surface area contributed by atoms with Crippen molar-refractivity contribution < 1.29 is 8.78 Å². The van der Waals surface area contributed by atoms with Gasteiger partial charge in [-0.25, -0.2) is 14.2 Å². The van der Waals surface area contributed by atoms with Crippen molar-refractivity contribution in [1.29, 1.82) is 0 Å². The first-order valence-electron chi connectivity index (χ1n) is 6.12. The highest BCUT2D eigenvalue weighted by Gasteiger charge is 2.23. The quantitative estimate of drug-likeness (QED) is 0.668. The highest BCUT2D eigenvalue weighted by Crippen LogP contribution is 2.31. The molecule has 0 aliphatic rings. The topological polar surface area (TPSA) is 38.0 Å². The van der Waals surface area contributed by atoms with Gasteiger partial charge in [-0.15, -0.1) is 0 Å². The highest BCUT2D eigenvalue weighted by atomic mass is 35.5. The molecule has 3 N–H and O–H groups in total. The summed E-state index contributed by atoms with van der Waals surface area (Å²) >= 11 is 5.77. The van der Waals surface area contributed by atoms with E-state index in [0.717, 1.165) is 5.56 Å². The van der Waals surface area contributed by atoms with E-state index in [4.69, 9.17) is 17.4 Å². The fourth-order valence-corrected chi connectivity index (χ4v) is 2.55. The van der Waals surface area contributed by atoms with Gasteiger partial charge in [0, 0.05) is 11.1 Å².